The minimum absolute atomic E-state index is 0.0267. The van der Waals surface area contributed by atoms with Gasteiger partial charge in [-0.1, -0.05) is 60.7 Å². The summed E-state index contributed by atoms with van der Waals surface area (Å²) >= 11 is 1.58. The molecule has 0 spiro atoms. The molecule has 0 radical (unpaired) electrons. The molecule has 4 rings (SSSR count). The molecule has 30 heavy (non-hydrogen) atoms. The molecule has 3 aromatic carbocycles. The number of carboxylic acid groups (broad SMARTS) is 1. The fourth-order valence-corrected chi connectivity index (χ4v) is 4.68. The quantitative estimate of drug-likeness (QED) is 0.575. The van der Waals surface area contributed by atoms with Crippen molar-refractivity contribution in [3.8, 4) is 28.0 Å². The summed E-state index contributed by atoms with van der Waals surface area (Å²) in [7, 11) is 0. The number of phenolic OH excluding ortho intramolecular Hbond substituents is 1. The van der Waals surface area contributed by atoms with Crippen molar-refractivity contribution in [2.24, 2.45) is 0 Å². The first-order chi connectivity index (χ1) is 14.6. The lowest BCUT2D eigenvalue weighted by Crippen LogP contribution is -2.27. The number of phenols is 1. The molecule has 0 amide bonds. The molecule has 3 aromatic rings. The van der Waals surface area contributed by atoms with Gasteiger partial charge in [0.15, 0.2) is 0 Å². The molecule has 2 unspecified atom stereocenters. The van der Waals surface area contributed by atoms with E-state index in [0.717, 1.165) is 27.1 Å². The van der Waals surface area contributed by atoms with Crippen molar-refractivity contribution in [3.05, 3.63) is 72.8 Å². The molecule has 0 bridgehead atoms. The Morgan fingerprint density at radius 1 is 0.967 bits per heavy atom. The second-order valence-electron chi connectivity index (χ2n) is 7.04. The van der Waals surface area contributed by atoms with Crippen LogP contribution in [0.25, 0.3) is 22.3 Å². The third-order valence-corrected chi connectivity index (χ3v) is 6.19. The van der Waals surface area contributed by atoms with Crippen LogP contribution >= 0.6 is 11.8 Å². The van der Waals surface area contributed by atoms with Crippen LogP contribution in [0.15, 0.2) is 77.7 Å². The van der Waals surface area contributed by atoms with E-state index in [1.54, 1.807) is 11.8 Å². The highest BCUT2D eigenvalue weighted by molar-refractivity contribution is 8.00. The topological polar surface area (TPSA) is 76.0 Å². The molecule has 2 N–H and O–H groups in total. The van der Waals surface area contributed by atoms with Crippen LogP contribution in [0.4, 0.5) is 0 Å². The van der Waals surface area contributed by atoms with Gasteiger partial charge in [0, 0.05) is 16.0 Å². The van der Waals surface area contributed by atoms with Crippen molar-refractivity contribution in [1.82, 2.24) is 0 Å². The Kier molecular flexibility index (Phi) is 6.38. The van der Waals surface area contributed by atoms with Gasteiger partial charge >= 0.3 is 5.97 Å². The monoisotopic (exact) mass is 422 g/mol. The molecular weight excluding hydrogens is 400 g/mol. The Bertz CT molecular complexity index is 946. The van der Waals surface area contributed by atoms with Crippen molar-refractivity contribution in [1.29, 1.82) is 0 Å². The normalized spacial score (nSPS) is 18.4. The minimum atomic E-state index is -0.993. The SMILES string of the molecule is O=C(O)COC1COCC1Sc1cc(-c2ccccc2)c(O)c(-c2ccccc2)c1. The number of carboxylic acids is 1. The molecule has 0 aliphatic carbocycles. The lowest BCUT2D eigenvalue weighted by Gasteiger charge is -2.19. The van der Waals surface area contributed by atoms with Gasteiger partial charge < -0.3 is 19.7 Å². The first-order valence-corrected chi connectivity index (χ1v) is 10.6. The number of aromatic hydroxyl groups is 1. The number of benzene rings is 3. The largest absolute Gasteiger partial charge is 0.507 e. The van der Waals surface area contributed by atoms with Crippen molar-refractivity contribution >= 4 is 17.7 Å². The molecule has 1 aliphatic rings. The van der Waals surface area contributed by atoms with Crippen LogP contribution in [0, 0.1) is 0 Å². The highest BCUT2D eigenvalue weighted by atomic mass is 32.2. The third-order valence-electron chi connectivity index (χ3n) is 4.94. The highest BCUT2D eigenvalue weighted by Gasteiger charge is 2.31. The molecule has 1 aliphatic heterocycles. The van der Waals surface area contributed by atoms with Crippen molar-refractivity contribution in [2.45, 2.75) is 16.2 Å². The van der Waals surface area contributed by atoms with E-state index in [4.69, 9.17) is 14.6 Å². The number of thioether (sulfide) groups is 1. The van der Waals surface area contributed by atoms with Gasteiger partial charge in [-0.2, -0.15) is 0 Å². The van der Waals surface area contributed by atoms with E-state index < -0.39 is 5.97 Å². The van der Waals surface area contributed by atoms with E-state index >= 15 is 0 Å². The molecule has 0 saturated carbocycles. The van der Waals surface area contributed by atoms with Gasteiger partial charge in [0.1, 0.15) is 12.4 Å². The number of carbonyl (C=O) groups is 1. The molecular formula is C24H22O5S. The van der Waals surface area contributed by atoms with Gasteiger partial charge in [-0.3, -0.25) is 0 Å². The number of hydrogen-bond acceptors (Lipinski definition) is 5. The zero-order valence-corrected chi connectivity index (χ0v) is 17.0. The predicted molar refractivity (Wildman–Crippen MR) is 117 cm³/mol. The predicted octanol–water partition coefficient (Wildman–Crippen LogP) is 4.69. The Balaban J connectivity index is 1.70. The number of ether oxygens (including phenoxy) is 2. The Labute approximate surface area is 179 Å². The maximum atomic E-state index is 11.1. The summed E-state index contributed by atoms with van der Waals surface area (Å²) in [6.07, 6.45) is -0.291. The molecule has 1 saturated heterocycles. The second-order valence-corrected chi connectivity index (χ2v) is 8.35. The smallest absolute Gasteiger partial charge is 0.329 e. The van der Waals surface area contributed by atoms with E-state index in [9.17, 15) is 9.90 Å². The molecule has 0 aromatic heterocycles. The Hall–Kier alpha value is -2.80. The van der Waals surface area contributed by atoms with Gasteiger partial charge in [-0.15, -0.1) is 11.8 Å². The minimum Gasteiger partial charge on any atom is -0.507 e. The average Bonchev–Trinajstić information content (AvgIpc) is 3.21. The Morgan fingerprint density at radius 2 is 1.53 bits per heavy atom. The van der Waals surface area contributed by atoms with Crippen molar-refractivity contribution in [2.75, 3.05) is 19.8 Å². The maximum Gasteiger partial charge on any atom is 0.329 e. The maximum absolute atomic E-state index is 11.1. The van der Waals surface area contributed by atoms with Gasteiger partial charge in [0.05, 0.1) is 24.6 Å². The lowest BCUT2D eigenvalue weighted by molar-refractivity contribution is -0.144. The molecule has 2 atom stereocenters. The third kappa shape index (κ3) is 4.67. The van der Waals surface area contributed by atoms with E-state index in [2.05, 4.69) is 0 Å². The molecule has 6 heteroatoms. The summed E-state index contributed by atoms with van der Waals surface area (Å²) in [5.74, 6) is -0.758. The van der Waals surface area contributed by atoms with E-state index in [-0.39, 0.29) is 23.7 Å². The number of rotatable bonds is 7. The molecule has 1 heterocycles. The van der Waals surface area contributed by atoms with Gasteiger partial charge in [0.25, 0.3) is 0 Å². The first-order valence-electron chi connectivity index (χ1n) is 9.67. The summed E-state index contributed by atoms with van der Waals surface area (Å²) in [6, 6.07) is 23.5. The Morgan fingerprint density at radius 3 is 2.07 bits per heavy atom. The van der Waals surface area contributed by atoms with E-state index in [1.165, 1.54) is 0 Å². The van der Waals surface area contributed by atoms with Crippen LogP contribution in [-0.2, 0) is 14.3 Å². The molecule has 5 nitrogen and oxygen atoms in total. The zero-order valence-electron chi connectivity index (χ0n) is 16.2. The van der Waals surface area contributed by atoms with Crippen LogP contribution < -0.4 is 0 Å². The fourth-order valence-electron chi connectivity index (χ4n) is 3.49. The van der Waals surface area contributed by atoms with Crippen LogP contribution in [0.1, 0.15) is 0 Å². The molecule has 1 fully saturated rings. The van der Waals surface area contributed by atoms with Gasteiger partial charge in [-0.05, 0) is 23.3 Å². The van der Waals surface area contributed by atoms with Crippen molar-refractivity contribution < 1.29 is 24.5 Å². The number of hydrogen-bond donors (Lipinski definition) is 2. The summed E-state index contributed by atoms with van der Waals surface area (Å²) < 4.78 is 11.0. The fraction of sp³-hybridized carbons (Fsp3) is 0.208. The summed E-state index contributed by atoms with van der Waals surface area (Å²) in [5, 5.41) is 19.9. The molecule has 154 valence electrons. The zero-order chi connectivity index (χ0) is 20.9. The average molecular weight is 423 g/mol. The van der Waals surface area contributed by atoms with Gasteiger partial charge in [0.2, 0.25) is 0 Å². The van der Waals surface area contributed by atoms with E-state index in [0.29, 0.717) is 13.2 Å². The summed E-state index contributed by atoms with van der Waals surface area (Å²) in [4.78, 5) is 11.8. The van der Waals surface area contributed by atoms with Crippen LogP contribution in [-0.4, -0.2) is 47.4 Å². The van der Waals surface area contributed by atoms with Crippen LogP contribution in [0.2, 0.25) is 0 Å². The lowest BCUT2D eigenvalue weighted by atomic mass is 9.97. The summed E-state index contributed by atoms with van der Waals surface area (Å²) in [5.41, 5.74) is 3.36. The van der Waals surface area contributed by atoms with Crippen molar-refractivity contribution in [3.63, 3.8) is 0 Å². The highest BCUT2D eigenvalue weighted by Crippen LogP contribution is 2.43. The first kappa shape index (κ1) is 20.5. The standard InChI is InChI=1S/C24H22O5S/c25-23(26)15-29-21-13-28-14-22(21)30-18-11-19(16-7-3-1-4-8-16)24(27)20(12-18)17-9-5-2-6-10-17/h1-12,21-22,27H,13-15H2,(H,25,26). The van der Waals surface area contributed by atoms with E-state index in [1.807, 2.05) is 72.8 Å². The number of aliphatic carboxylic acids is 1. The van der Waals surface area contributed by atoms with Crippen LogP contribution in [0.5, 0.6) is 5.75 Å². The second kappa shape index (κ2) is 9.34. The van der Waals surface area contributed by atoms with Crippen LogP contribution in [0.3, 0.4) is 0 Å². The summed E-state index contributed by atoms with van der Waals surface area (Å²) in [6.45, 7) is 0.516. The van der Waals surface area contributed by atoms with Gasteiger partial charge in [-0.25, -0.2) is 4.79 Å².